The molecule has 0 saturated heterocycles. The molecule has 0 aliphatic carbocycles. The van der Waals surface area contributed by atoms with E-state index in [-0.39, 0.29) is 5.91 Å². The Morgan fingerprint density at radius 1 is 1.07 bits per heavy atom. The SMILES string of the molecule is COc1cccc(-c2cccn3nc(Nc4ccc(C(=O)N(C)C)cc4)nc23)c1. The number of carbonyl (C=O) groups is 1. The second-order valence-electron chi connectivity index (χ2n) is 6.76. The number of methoxy groups -OCH3 is 1. The van der Waals surface area contributed by atoms with Gasteiger partial charge >= 0.3 is 0 Å². The maximum absolute atomic E-state index is 12.0. The first-order chi connectivity index (χ1) is 14.0. The summed E-state index contributed by atoms with van der Waals surface area (Å²) >= 11 is 0. The van der Waals surface area contributed by atoms with Crippen molar-refractivity contribution in [1.29, 1.82) is 0 Å². The lowest BCUT2D eigenvalue weighted by Gasteiger charge is -2.10. The monoisotopic (exact) mass is 387 g/mol. The normalized spacial score (nSPS) is 10.7. The summed E-state index contributed by atoms with van der Waals surface area (Å²) in [5.74, 6) is 1.23. The molecule has 0 atom stereocenters. The van der Waals surface area contributed by atoms with Crippen molar-refractivity contribution < 1.29 is 9.53 Å². The number of carbonyl (C=O) groups excluding carboxylic acids is 1. The first kappa shape index (κ1) is 18.5. The van der Waals surface area contributed by atoms with E-state index in [4.69, 9.17) is 4.74 Å². The van der Waals surface area contributed by atoms with E-state index in [9.17, 15) is 4.79 Å². The van der Waals surface area contributed by atoms with Crippen LogP contribution in [0.1, 0.15) is 10.4 Å². The standard InChI is InChI=1S/C22H21N5O2/c1-26(2)21(28)15-9-11-17(12-10-15)23-22-24-20-19(8-5-13-27(20)25-22)16-6-4-7-18(14-16)29-3/h4-14H,1-3H3,(H,23,25). The van der Waals surface area contributed by atoms with E-state index >= 15 is 0 Å². The van der Waals surface area contributed by atoms with Gasteiger partial charge in [-0.15, -0.1) is 5.10 Å². The van der Waals surface area contributed by atoms with Crippen LogP contribution >= 0.6 is 0 Å². The minimum absolute atomic E-state index is 0.0367. The van der Waals surface area contributed by atoms with E-state index in [1.165, 1.54) is 0 Å². The first-order valence-electron chi connectivity index (χ1n) is 9.14. The van der Waals surface area contributed by atoms with Crippen molar-refractivity contribution in [2.75, 3.05) is 26.5 Å². The number of nitrogens with one attached hydrogen (secondary N) is 1. The van der Waals surface area contributed by atoms with Crippen molar-refractivity contribution in [3.8, 4) is 16.9 Å². The van der Waals surface area contributed by atoms with Crippen molar-refractivity contribution >= 4 is 23.2 Å². The number of amides is 1. The Balaban J connectivity index is 1.64. The second kappa shape index (κ2) is 7.63. The van der Waals surface area contributed by atoms with Crippen LogP contribution in [0.3, 0.4) is 0 Å². The topological polar surface area (TPSA) is 71.8 Å². The van der Waals surface area contributed by atoms with Crippen molar-refractivity contribution in [3.05, 3.63) is 72.4 Å². The molecule has 1 amide bonds. The average molecular weight is 387 g/mol. The number of hydrogen-bond acceptors (Lipinski definition) is 5. The minimum Gasteiger partial charge on any atom is -0.497 e. The van der Waals surface area contributed by atoms with Crippen LogP contribution in [0.15, 0.2) is 66.9 Å². The number of rotatable bonds is 5. The number of hydrogen-bond donors (Lipinski definition) is 1. The lowest BCUT2D eigenvalue weighted by Crippen LogP contribution is -2.21. The molecule has 0 fully saturated rings. The highest BCUT2D eigenvalue weighted by Gasteiger charge is 2.11. The molecule has 7 nitrogen and oxygen atoms in total. The lowest BCUT2D eigenvalue weighted by molar-refractivity contribution is 0.0827. The zero-order valence-corrected chi connectivity index (χ0v) is 16.5. The Kier molecular flexibility index (Phi) is 4.87. The van der Waals surface area contributed by atoms with Crippen LogP contribution in [0.25, 0.3) is 16.8 Å². The van der Waals surface area contributed by atoms with Crippen molar-refractivity contribution in [2.45, 2.75) is 0 Å². The third-order valence-corrected chi connectivity index (χ3v) is 4.54. The number of benzene rings is 2. The van der Waals surface area contributed by atoms with Crippen LogP contribution < -0.4 is 10.1 Å². The summed E-state index contributed by atoms with van der Waals surface area (Å²) in [6.45, 7) is 0. The Morgan fingerprint density at radius 2 is 1.86 bits per heavy atom. The molecular formula is C22H21N5O2. The van der Waals surface area contributed by atoms with Crippen molar-refractivity contribution in [1.82, 2.24) is 19.5 Å². The third kappa shape index (κ3) is 3.75. The molecule has 2 aromatic heterocycles. The third-order valence-electron chi connectivity index (χ3n) is 4.54. The highest BCUT2D eigenvalue weighted by atomic mass is 16.5. The summed E-state index contributed by atoms with van der Waals surface area (Å²) in [6.07, 6.45) is 1.86. The summed E-state index contributed by atoms with van der Waals surface area (Å²) in [4.78, 5) is 18.2. The van der Waals surface area contributed by atoms with Crippen molar-refractivity contribution in [3.63, 3.8) is 0 Å². The molecule has 4 rings (SSSR count). The number of aromatic nitrogens is 3. The van der Waals surface area contributed by atoms with Crippen LogP contribution in [0, 0.1) is 0 Å². The van der Waals surface area contributed by atoms with Gasteiger partial charge < -0.3 is 15.0 Å². The summed E-state index contributed by atoms with van der Waals surface area (Å²) in [5.41, 5.74) is 4.13. The van der Waals surface area contributed by atoms with E-state index in [1.807, 2.05) is 54.7 Å². The molecule has 0 saturated carbocycles. The van der Waals surface area contributed by atoms with Gasteiger partial charge in [0, 0.05) is 37.1 Å². The quantitative estimate of drug-likeness (QED) is 0.563. The van der Waals surface area contributed by atoms with Crippen LogP contribution in [-0.2, 0) is 0 Å². The predicted octanol–water partition coefficient (Wildman–Crippen LogP) is 3.85. The van der Waals surface area contributed by atoms with Gasteiger partial charge in [0.1, 0.15) is 5.75 Å². The lowest BCUT2D eigenvalue weighted by atomic mass is 10.1. The van der Waals surface area contributed by atoms with Gasteiger partial charge in [0.15, 0.2) is 5.65 Å². The average Bonchev–Trinajstić information content (AvgIpc) is 3.16. The molecule has 0 unspecified atom stereocenters. The molecule has 2 aromatic carbocycles. The van der Waals surface area contributed by atoms with E-state index in [1.54, 1.807) is 42.8 Å². The molecule has 29 heavy (non-hydrogen) atoms. The first-order valence-corrected chi connectivity index (χ1v) is 9.14. The zero-order chi connectivity index (χ0) is 20.4. The summed E-state index contributed by atoms with van der Waals surface area (Å²) in [5, 5.41) is 7.71. The number of ether oxygens (including phenoxy) is 1. The smallest absolute Gasteiger partial charge is 0.253 e. The molecule has 4 aromatic rings. The van der Waals surface area contributed by atoms with Crippen LogP contribution in [0.4, 0.5) is 11.6 Å². The fourth-order valence-corrected chi connectivity index (χ4v) is 3.06. The van der Waals surface area contributed by atoms with Gasteiger partial charge in [-0.3, -0.25) is 4.79 Å². The largest absolute Gasteiger partial charge is 0.497 e. The summed E-state index contributed by atoms with van der Waals surface area (Å²) in [6, 6.07) is 19.0. The van der Waals surface area contributed by atoms with Crippen LogP contribution in [0.2, 0.25) is 0 Å². The number of fused-ring (bicyclic) bond motifs is 1. The maximum atomic E-state index is 12.0. The van der Waals surface area contributed by atoms with Gasteiger partial charge in [-0.25, -0.2) is 4.52 Å². The van der Waals surface area contributed by atoms with Gasteiger partial charge in [0.05, 0.1) is 7.11 Å². The Labute approximate surface area is 168 Å². The van der Waals surface area contributed by atoms with Crippen molar-refractivity contribution in [2.24, 2.45) is 0 Å². The molecule has 1 N–H and O–H groups in total. The Hall–Kier alpha value is -3.87. The molecule has 0 aliphatic heterocycles. The van der Waals surface area contributed by atoms with Gasteiger partial charge in [-0.2, -0.15) is 4.98 Å². The van der Waals surface area contributed by atoms with E-state index in [0.29, 0.717) is 11.5 Å². The summed E-state index contributed by atoms with van der Waals surface area (Å²) in [7, 11) is 5.11. The van der Waals surface area contributed by atoms with E-state index < -0.39 is 0 Å². The summed E-state index contributed by atoms with van der Waals surface area (Å²) < 4.78 is 7.07. The molecular weight excluding hydrogens is 366 g/mol. The molecule has 0 spiro atoms. The highest BCUT2D eigenvalue weighted by Crippen LogP contribution is 2.27. The van der Waals surface area contributed by atoms with Gasteiger partial charge in [-0.1, -0.05) is 12.1 Å². The molecule has 2 heterocycles. The fraction of sp³-hybridized carbons (Fsp3) is 0.136. The second-order valence-corrected chi connectivity index (χ2v) is 6.76. The molecule has 0 radical (unpaired) electrons. The zero-order valence-electron chi connectivity index (χ0n) is 16.5. The Morgan fingerprint density at radius 3 is 2.59 bits per heavy atom. The molecule has 0 aliphatic rings. The maximum Gasteiger partial charge on any atom is 0.253 e. The fourth-order valence-electron chi connectivity index (χ4n) is 3.06. The van der Waals surface area contributed by atoms with Crippen LogP contribution in [0.5, 0.6) is 5.75 Å². The number of pyridine rings is 1. The van der Waals surface area contributed by atoms with Gasteiger partial charge in [0.2, 0.25) is 5.95 Å². The number of anilines is 2. The Bertz CT molecular complexity index is 1170. The van der Waals surface area contributed by atoms with Crippen LogP contribution in [-0.4, -0.2) is 46.6 Å². The van der Waals surface area contributed by atoms with E-state index in [0.717, 1.165) is 28.2 Å². The highest BCUT2D eigenvalue weighted by molar-refractivity contribution is 5.94. The molecule has 7 heteroatoms. The predicted molar refractivity (Wildman–Crippen MR) is 113 cm³/mol. The minimum atomic E-state index is -0.0367. The van der Waals surface area contributed by atoms with E-state index in [2.05, 4.69) is 15.4 Å². The number of nitrogens with zero attached hydrogens (tertiary/aromatic N) is 4. The molecule has 0 bridgehead atoms. The van der Waals surface area contributed by atoms with Gasteiger partial charge in [-0.05, 0) is 54.1 Å². The van der Waals surface area contributed by atoms with Gasteiger partial charge in [0.25, 0.3) is 5.91 Å². The molecule has 146 valence electrons.